The highest BCUT2D eigenvalue weighted by molar-refractivity contribution is 6.43. The summed E-state index contributed by atoms with van der Waals surface area (Å²) < 4.78 is 16.9. The average molecular weight is 593 g/mol. The Morgan fingerprint density at radius 3 is 2.55 bits per heavy atom. The number of carbonyl (C=O) groups excluding carboxylic acids is 2. The smallest absolute Gasteiger partial charge is 0.423 e. The van der Waals surface area contributed by atoms with Crippen molar-refractivity contribution in [1.29, 1.82) is 0 Å². The van der Waals surface area contributed by atoms with E-state index in [-0.39, 0.29) is 12.3 Å². The van der Waals surface area contributed by atoms with E-state index >= 15 is 0 Å². The lowest BCUT2D eigenvalue weighted by atomic mass is 10.0. The minimum absolute atomic E-state index is 0.258. The van der Waals surface area contributed by atoms with Gasteiger partial charge in [-0.15, -0.1) is 0 Å². The Labute approximate surface area is 247 Å². The molecule has 0 saturated carbocycles. The van der Waals surface area contributed by atoms with Crippen LogP contribution in [0.25, 0.3) is 0 Å². The number of piperazine rings is 1. The van der Waals surface area contributed by atoms with Crippen LogP contribution in [0.5, 0.6) is 5.75 Å². The number of aryl methyl sites for hydroxylation is 1. The number of nitrogens with zero attached hydrogens (tertiary/aromatic N) is 3. The molecule has 1 atom stereocenters. The van der Waals surface area contributed by atoms with Gasteiger partial charge >= 0.3 is 6.09 Å². The number of rotatable bonds is 12. The van der Waals surface area contributed by atoms with E-state index in [9.17, 15) is 9.59 Å². The molecule has 2 aromatic carbocycles. The quantitative estimate of drug-likeness (QED) is 0.204. The second kappa shape index (κ2) is 14.9. The van der Waals surface area contributed by atoms with E-state index in [1.807, 2.05) is 30.3 Å². The first-order valence-electron chi connectivity index (χ1n) is 14.2. The van der Waals surface area contributed by atoms with Gasteiger partial charge in [0.2, 0.25) is 12.2 Å². The summed E-state index contributed by atoms with van der Waals surface area (Å²) in [6, 6.07) is 11.3. The molecule has 0 spiro atoms. The van der Waals surface area contributed by atoms with Crippen LogP contribution < -0.4 is 14.5 Å². The van der Waals surface area contributed by atoms with Crippen molar-refractivity contribution in [3.63, 3.8) is 0 Å². The molecule has 0 radical (unpaired) electrons. The number of benzene rings is 2. The van der Waals surface area contributed by atoms with E-state index < -0.39 is 12.4 Å². The zero-order chi connectivity index (χ0) is 28.5. The number of amides is 2. The fourth-order valence-electron chi connectivity index (χ4n) is 4.94. The first kappa shape index (κ1) is 30.4. The lowest BCUT2D eigenvalue weighted by molar-refractivity contribution is -0.120. The number of imide groups is 1. The topological polar surface area (TPSA) is 71.5 Å². The van der Waals surface area contributed by atoms with Crippen molar-refractivity contribution in [2.75, 3.05) is 55.7 Å². The zero-order valence-corrected chi connectivity index (χ0v) is 24.9. The van der Waals surface area contributed by atoms with E-state index in [2.05, 4.69) is 16.7 Å². The summed E-state index contributed by atoms with van der Waals surface area (Å²) in [6.07, 6.45) is 3.16. The number of carbonyl (C=O) groups is 2. The molecule has 2 amide bonds. The van der Waals surface area contributed by atoms with Crippen LogP contribution in [0.4, 0.5) is 16.2 Å². The molecular weight excluding hydrogens is 553 g/mol. The molecule has 10 heteroatoms. The first-order valence-corrected chi connectivity index (χ1v) is 14.9. The van der Waals surface area contributed by atoms with Gasteiger partial charge in [0.1, 0.15) is 5.75 Å². The molecule has 2 heterocycles. The van der Waals surface area contributed by atoms with Crippen molar-refractivity contribution in [3.8, 4) is 5.75 Å². The van der Waals surface area contributed by atoms with Crippen molar-refractivity contribution < 1.29 is 23.8 Å². The van der Waals surface area contributed by atoms with Gasteiger partial charge in [-0.05, 0) is 62.9 Å². The SMILES string of the molecule is CCCCOC(C)OC(=O)N1C(=O)CCc2ccc(OCCCCN3CCN(c4cccc(Cl)c4Cl)CC3)cc21. The predicted molar refractivity (Wildman–Crippen MR) is 159 cm³/mol. The average Bonchev–Trinajstić information content (AvgIpc) is 2.94. The van der Waals surface area contributed by atoms with E-state index in [4.69, 9.17) is 37.4 Å². The van der Waals surface area contributed by atoms with Crippen LogP contribution in [-0.2, 0) is 20.7 Å². The van der Waals surface area contributed by atoms with Crippen LogP contribution in [0.2, 0.25) is 10.0 Å². The maximum atomic E-state index is 12.8. The van der Waals surface area contributed by atoms with E-state index in [0.717, 1.165) is 74.6 Å². The molecule has 0 bridgehead atoms. The van der Waals surface area contributed by atoms with Crippen molar-refractivity contribution in [2.24, 2.45) is 0 Å². The highest BCUT2D eigenvalue weighted by atomic mass is 35.5. The normalized spacial score (nSPS) is 16.6. The van der Waals surface area contributed by atoms with Gasteiger partial charge in [0.25, 0.3) is 0 Å². The van der Waals surface area contributed by atoms with Gasteiger partial charge in [-0.1, -0.05) is 48.7 Å². The van der Waals surface area contributed by atoms with E-state index in [0.29, 0.717) is 41.1 Å². The van der Waals surface area contributed by atoms with Crippen LogP contribution >= 0.6 is 23.2 Å². The molecule has 2 aromatic rings. The molecule has 1 saturated heterocycles. The largest absolute Gasteiger partial charge is 0.494 e. The van der Waals surface area contributed by atoms with Crippen LogP contribution in [0.3, 0.4) is 0 Å². The number of hydrogen-bond donors (Lipinski definition) is 0. The maximum Gasteiger partial charge on any atom is 0.423 e. The Morgan fingerprint density at radius 2 is 1.77 bits per heavy atom. The molecule has 2 aliphatic heterocycles. The number of halogens is 2. The molecular formula is C30H39Cl2N3O5. The first-order chi connectivity index (χ1) is 19.4. The van der Waals surface area contributed by atoms with Gasteiger partial charge in [0.15, 0.2) is 0 Å². The zero-order valence-electron chi connectivity index (χ0n) is 23.4. The lowest BCUT2D eigenvalue weighted by Crippen LogP contribution is -2.46. The van der Waals surface area contributed by atoms with Crippen molar-refractivity contribution in [3.05, 3.63) is 52.0 Å². The highest BCUT2D eigenvalue weighted by Gasteiger charge is 2.32. The summed E-state index contributed by atoms with van der Waals surface area (Å²) in [5, 5.41) is 1.20. The molecule has 1 unspecified atom stereocenters. The van der Waals surface area contributed by atoms with Gasteiger partial charge in [0.05, 0.1) is 34.6 Å². The van der Waals surface area contributed by atoms with Gasteiger partial charge in [0, 0.05) is 38.7 Å². The third-order valence-electron chi connectivity index (χ3n) is 7.24. The summed E-state index contributed by atoms with van der Waals surface area (Å²) in [4.78, 5) is 31.4. The van der Waals surface area contributed by atoms with Crippen molar-refractivity contribution in [1.82, 2.24) is 4.90 Å². The van der Waals surface area contributed by atoms with Crippen LogP contribution in [0, 0.1) is 0 Å². The number of anilines is 2. The third-order valence-corrected chi connectivity index (χ3v) is 8.05. The summed E-state index contributed by atoms with van der Waals surface area (Å²) >= 11 is 12.6. The maximum absolute atomic E-state index is 12.8. The number of hydrogen-bond acceptors (Lipinski definition) is 7. The molecule has 0 N–H and O–H groups in total. The molecule has 0 aromatic heterocycles. The molecule has 8 nitrogen and oxygen atoms in total. The van der Waals surface area contributed by atoms with Gasteiger partial charge in [-0.2, -0.15) is 0 Å². The summed E-state index contributed by atoms with van der Waals surface area (Å²) in [5.41, 5.74) is 2.44. The third kappa shape index (κ3) is 8.03. The number of ether oxygens (including phenoxy) is 3. The number of fused-ring (bicyclic) bond motifs is 1. The predicted octanol–water partition coefficient (Wildman–Crippen LogP) is 6.55. The van der Waals surface area contributed by atoms with Gasteiger partial charge in [-0.25, -0.2) is 9.69 Å². The molecule has 1 fully saturated rings. The van der Waals surface area contributed by atoms with E-state index in [1.165, 1.54) is 0 Å². The minimum atomic E-state index is -0.728. The summed E-state index contributed by atoms with van der Waals surface area (Å²) in [5.74, 6) is 0.346. The van der Waals surface area contributed by atoms with Gasteiger partial charge in [-0.3, -0.25) is 9.69 Å². The highest BCUT2D eigenvalue weighted by Crippen LogP contribution is 2.34. The fraction of sp³-hybridized carbons (Fsp3) is 0.533. The Hall–Kier alpha value is -2.52. The summed E-state index contributed by atoms with van der Waals surface area (Å²) in [6.45, 7) is 9.53. The monoisotopic (exact) mass is 591 g/mol. The Morgan fingerprint density at radius 1 is 0.975 bits per heavy atom. The van der Waals surface area contributed by atoms with Crippen molar-refractivity contribution in [2.45, 2.75) is 58.7 Å². The summed E-state index contributed by atoms with van der Waals surface area (Å²) in [7, 11) is 0. The molecule has 40 heavy (non-hydrogen) atoms. The van der Waals surface area contributed by atoms with Crippen LogP contribution in [-0.4, -0.2) is 69.1 Å². The van der Waals surface area contributed by atoms with Crippen molar-refractivity contribution >= 4 is 46.6 Å². The van der Waals surface area contributed by atoms with Crippen LogP contribution in [0.1, 0.15) is 51.5 Å². The fourth-order valence-corrected chi connectivity index (χ4v) is 5.35. The van der Waals surface area contributed by atoms with Crippen LogP contribution in [0.15, 0.2) is 36.4 Å². The Balaban J connectivity index is 1.22. The lowest BCUT2D eigenvalue weighted by Gasteiger charge is -2.36. The number of unbranched alkanes of at least 4 members (excludes halogenated alkanes) is 2. The molecule has 2 aliphatic rings. The van der Waals surface area contributed by atoms with Gasteiger partial charge < -0.3 is 19.1 Å². The second-order valence-corrected chi connectivity index (χ2v) is 10.9. The molecule has 0 aliphatic carbocycles. The van der Waals surface area contributed by atoms with E-state index in [1.54, 1.807) is 13.0 Å². The standard InChI is InChI=1S/C30H39Cl2N3O5/c1-3-4-19-38-22(2)40-30(37)35-27-21-24(12-10-23(27)11-13-28(35)36)39-20-6-5-14-33-15-17-34(18-16-33)26-9-7-8-25(31)29(26)32/h7-10,12,21-22H,3-6,11,13-20H2,1-2H3. The minimum Gasteiger partial charge on any atom is -0.494 e. The molecule has 218 valence electrons. The second-order valence-electron chi connectivity index (χ2n) is 10.2. The Bertz CT molecular complexity index is 1160. The molecule has 4 rings (SSSR count). The Kier molecular flexibility index (Phi) is 11.4.